The van der Waals surface area contributed by atoms with Crippen LogP contribution in [0.5, 0.6) is 0 Å². The van der Waals surface area contributed by atoms with Crippen LogP contribution in [0.4, 0.5) is 0 Å². The Morgan fingerprint density at radius 2 is 2.11 bits per heavy atom. The summed E-state index contributed by atoms with van der Waals surface area (Å²) in [5.41, 5.74) is 2.39. The number of carbonyl (C=O) groups is 1. The monoisotopic (exact) mass is 278 g/mol. The van der Waals surface area contributed by atoms with Crippen molar-refractivity contribution in [1.29, 1.82) is 0 Å². The van der Waals surface area contributed by atoms with E-state index in [0.717, 1.165) is 18.9 Å². The van der Waals surface area contributed by atoms with Gasteiger partial charge in [0.05, 0.1) is 5.51 Å². The van der Waals surface area contributed by atoms with Gasteiger partial charge in [0.1, 0.15) is 5.69 Å². The predicted octanol–water partition coefficient (Wildman–Crippen LogP) is 3.72. The lowest BCUT2D eigenvalue weighted by Gasteiger charge is -2.29. The van der Waals surface area contributed by atoms with Gasteiger partial charge in [-0.05, 0) is 25.2 Å². The Bertz CT molecular complexity index is 412. The summed E-state index contributed by atoms with van der Waals surface area (Å²) in [6.45, 7) is 0.924. The van der Waals surface area contributed by atoms with Crippen molar-refractivity contribution in [1.82, 2.24) is 9.88 Å². The maximum absolute atomic E-state index is 12.4. The van der Waals surface area contributed by atoms with Crippen LogP contribution in [-0.2, 0) is 0 Å². The van der Waals surface area contributed by atoms with Crippen LogP contribution in [0.2, 0.25) is 0 Å². The number of hydrogen-bond donors (Lipinski definition) is 0. The summed E-state index contributed by atoms with van der Waals surface area (Å²) < 4.78 is 0. The standard InChI is InChI=1S/C15H22N2OS/c18-15(14-10-19-11-16-14)17-8-4-7-13(17)9-12-5-2-1-3-6-12/h10-13H,1-9H2. The molecule has 104 valence electrons. The Hall–Kier alpha value is -0.900. The quantitative estimate of drug-likeness (QED) is 0.844. The molecule has 0 N–H and O–H groups in total. The average molecular weight is 278 g/mol. The molecule has 0 aromatic carbocycles. The van der Waals surface area contributed by atoms with Crippen molar-refractivity contribution in [2.45, 2.75) is 57.4 Å². The Balaban J connectivity index is 1.62. The van der Waals surface area contributed by atoms with Crippen LogP contribution < -0.4 is 0 Å². The lowest BCUT2D eigenvalue weighted by atomic mass is 9.84. The largest absolute Gasteiger partial charge is 0.334 e. The van der Waals surface area contributed by atoms with Crippen molar-refractivity contribution in [2.75, 3.05) is 6.54 Å². The fourth-order valence-electron chi connectivity index (χ4n) is 3.62. The molecule has 0 bridgehead atoms. The maximum atomic E-state index is 12.4. The molecule has 19 heavy (non-hydrogen) atoms. The number of likely N-dealkylation sites (tertiary alicyclic amines) is 1. The first-order valence-corrected chi connectivity index (χ1v) is 8.48. The highest BCUT2D eigenvalue weighted by molar-refractivity contribution is 7.07. The predicted molar refractivity (Wildman–Crippen MR) is 77.4 cm³/mol. The van der Waals surface area contributed by atoms with E-state index in [2.05, 4.69) is 9.88 Å². The molecule has 2 fully saturated rings. The highest BCUT2D eigenvalue weighted by Crippen LogP contribution is 2.32. The molecular weight excluding hydrogens is 256 g/mol. The summed E-state index contributed by atoms with van der Waals surface area (Å²) in [5.74, 6) is 1.00. The van der Waals surface area contributed by atoms with E-state index in [1.807, 2.05) is 5.38 Å². The van der Waals surface area contributed by atoms with Gasteiger partial charge in [0.25, 0.3) is 5.91 Å². The first-order chi connectivity index (χ1) is 9.34. The number of nitrogens with zero attached hydrogens (tertiary/aromatic N) is 2. The summed E-state index contributed by atoms with van der Waals surface area (Å²) >= 11 is 1.50. The zero-order chi connectivity index (χ0) is 13.1. The minimum absolute atomic E-state index is 0.152. The second-order valence-corrected chi connectivity index (χ2v) is 6.63. The molecule has 4 heteroatoms. The number of aromatic nitrogens is 1. The smallest absolute Gasteiger partial charge is 0.273 e. The molecule has 1 aliphatic heterocycles. The number of thiazole rings is 1. The van der Waals surface area contributed by atoms with Gasteiger partial charge >= 0.3 is 0 Å². The van der Waals surface area contributed by atoms with Crippen molar-refractivity contribution >= 4 is 17.2 Å². The Kier molecular flexibility index (Phi) is 4.16. The summed E-state index contributed by atoms with van der Waals surface area (Å²) in [6, 6.07) is 0.470. The second kappa shape index (κ2) is 6.04. The van der Waals surface area contributed by atoms with Crippen LogP contribution in [0.1, 0.15) is 61.9 Å². The van der Waals surface area contributed by atoms with Crippen LogP contribution in [0.25, 0.3) is 0 Å². The summed E-state index contributed by atoms with van der Waals surface area (Å²) in [7, 11) is 0. The van der Waals surface area contributed by atoms with Crippen molar-refractivity contribution in [3.63, 3.8) is 0 Å². The van der Waals surface area contributed by atoms with E-state index < -0.39 is 0 Å². The zero-order valence-corrected chi connectivity index (χ0v) is 12.2. The Labute approximate surface area is 119 Å². The van der Waals surface area contributed by atoms with Crippen molar-refractivity contribution in [3.05, 3.63) is 16.6 Å². The average Bonchev–Trinajstić information content (AvgIpc) is 3.10. The first-order valence-electron chi connectivity index (χ1n) is 7.54. The molecule has 1 amide bonds. The third kappa shape index (κ3) is 2.99. The van der Waals surface area contributed by atoms with Crippen LogP contribution in [0.15, 0.2) is 10.9 Å². The lowest BCUT2D eigenvalue weighted by molar-refractivity contribution is 0.0706. The number of carbonyl (C=O) groups excluding carboxylic acids is 1. The molecule has 3 nitrogen and oxygen atoms in total. The Morgan fingerprint density at radius 3 is 2.84 bits per heavy atom. The van der Waals surface area contributed by atoms with Gasteiger partial charge in [-0.3, -0.25) is 4.79 Å². The van der Waals surface area contributed by atoms with E-state index in [4.69, 9.17) is 0 Å². The van der Waals surface area contributed by atoms with Gasteiger partial charge in [0.2, 0.25) is 0 Å². The van der Waals surface area contributed by atoms with Gasteiger partial charge in [-0.1, -0.05) is 32.1 Å². The molecular formula is C15H22N2OS. The van der Waals surface area contributed by atoms with E-state index in [1.54, 1.807) is 5.51 Å². The molecule has 0 radical (unpaired) electrons. The molecule has 1 aliphatic carbocycles. The zero-order valence-electron chi connectivity index (χ0n) is 11.4. The normalized spacial score (nSPS) is 24.8. The van der Waals surface area contributed by atoms with Crippen molar-refractivity contribution in [2.24, 2.45) is 5.92 Å². The number of hydrogen-bond acceptors (Lipinski definition) is 3. The molecule has 1 aromatic heterocycles. The topological polar surface area (TPSA) is 33.2 Å². The number of rotatable bonds is 3. The van der Waals surface area contributed by atoms with E-state index in [9.17, 15) is 4.79 Å². The molecule has 1 unspecified atom stereocenters. The van der Waals surface area contributed by atoms with Crippen LogP contribution in [0, 0.1) is 5.92 Å². The van der Waals surface area contributed by atoms with Crippen molar-refractivity contribution < 1.29 is 4.79 Å². The summed E-state index contributed by atoms with van der Waals surface area (Å²) in [6.07, 6.45) is 10.5. The molecule has 1 aromatic rings. The van der Waals surface area contributed by atoms with Crippen molar-refractivity contribution in [3.8, 4) is 0 Å². The molecule has 1 saturated carbocycles. The molecule has 0 spiro atoms. The van der Waals surface area contributed by atoms with Gasteiger partial charge in [0, 0.05) is 18.0 Å². The third-order valence-corrected chi connectivity index (χ3v) is 5.21. The van der Waals surface area contributed by atoms with Crippen LogP contribution >= 0.6 is 11.3 Å². The lowest BCUT2D eigenvalue weighted by Crippen LogP contribution is -2.37. The van der Waals surface area contributed by atoms with E-state index in [-0.39, 0.29) is 5.91 Å². The summed E-state index contributed by atoms with van der Waals surface area (Å²) in [4.78, 5) is 18.7. The third-order valence-electron chi connectivity index (χ3n) is 4.62. The van der Waals surface area contributed by atoms with Crippen LogP contribution in [-0.4, -0.2) is 28.4 Å². The molecule has 2 aliphatic rings. The first kappa shape index (κ1) is 13.1. The van der Waals surface area contributed by atoms with Crippen LogP contribution in [0.3, 0.4) is 0 Å². The second-order valence-electron chi connectivity index (χ2n) is 5.91. The fourth-order valence-corrected chi connectivity index (χ4v) is 4.15. The molecule has 1 atom stereocenters. The van der Waals surface area contributed by atoms with Gasteiger partial charge < -0.3 is 4.90 Å². The molecule has 3 rings (SSSR count). The molecule has 1 saturated heterocycles. The highest BCUT2D eigenvalue weighted by Gasteiger charge is 2.32. The minimum Gasteiger partial charge on any atom is -0.334 e. The summed E-state index contributed by atoms with van der Waals surface area (Å²) in [5, 5.41) is 1.87. The number of amides is 1. The van der Waals surface area contributed by atoms with E-state index >= 15 is 0 Å². The van der Waals surface area contributed by atoms with Gasteiger partial charge in [-0.25, -0.2) is 4.98 Å². The minimum atomic E-state index is 0.152. The molecule has 2 heterocycles. The highest BCUT2D eigenvalue weighted by atomic mass is 32.1. The Morgan fingerprint density at radius 1 is 1.26 bits per heavy atom. The van der Waals surface area contributed by atoms with E-state index in [0.29, 0.717) is 11.7 Å². The van der Waals surface area contributed by atoms with Gasteiger partial charge in [-0.15, -0.1) is 11.3 Å². The van der Waals surface area contributed by atoms with E-state index in [1.165, 1.54) is 56.3 Å². The SMILES string of the molecule is O=C(c1cscn1)N1CCCC1CC1CCCCC1. The fraction of sp³-hybridized carbons (Fsp3) is 0.733. The maximum Gasteiger partial charge on any atom is 0.273 e. The van der Waals surface area contributed by atoms with Gasteiger partial charge in [0.15, 0.2) is 0 Å². The van der Waals surface area contributed by atoms with Gasteiger partial charge in [-0.2, -0.15) is 0 Å².